The largest absolute Gasteiger partial charge is 0.493 e. The number of benzene rings is 1. The third-order valence-corrected chi connectivity index (χ3v) is 2.55. The fraction of sp³-hybridized carbons (Fsp3) is 0.500. The Morgan fingerprint density at radius 3 is 2.00 bits per heavy atom. The van der Waals surface area contributed by atoms with E-state index in [0.29, 0.717) is 17.2 Å². The van der Waals surface area contributed by atoms with E-state index in [9.17, 15) is 0 Å². The van der Waals surface area contributed by atoms with Gasteiger partial charge in [0.25, 0.3) is 0 Å². The summed E-state index contributed by atoms with van der Waals surface area (Å²) in [7, 11) is 4.79. The van der Waals surface area contributed by atoms with Crippen molar-refractivity contribution >= 4 is 0 Å². The second-order valence-electron chi connectivity index (χ2n) is 3.81. The van der Waals surface area contributed by atoms with E-state index in [1.165, 1.54) is 0 Å². The van der Waals surface area contributed by atoms with Gasteiger partial charge in [-0.05, 0) is 31.0 Å². The Bertz CT molecular complexity index is 344. The van der Waals surface area contributed by atoms with Gasteiger partial charge < -0.3 is 14.2 Å². The highest BCUT2D eigenvalue weighted by molar-refractivity contribution is 5.53. The molecule has 0 aliphatic carbocycles. The Hall–Kier alpha value is -1.46. The molecule has 1 atom stereocenters. The monoisotopic (exact) mass is 240 g/mol. The molecule has 0 aliphatic heterocycles. The number of nitrogens with one attached hydrogen (secondary N) is 1. The minimum Gasteiger partial charge on any atom is -0.493 e. The predicted octanol–water partition coefficient (Wildman–Crippen LogP) is 1.11. The zero-order chi connectivity index (χ0) is 12.8. The van der Waals surface area contributed by atoms with Gasteiger partial charge in [0.05, 0.1) is 21.3 Å². The van der Waals surface area contributed by atoms with Crippen LogP contribution in [0.5, 0.6) is 17.2 Å². The summed E-state index contributed by atoms with van der Waals surface area (Å²) in [5.74, 6) is 7.30. The number of rotatable bonds is 6. The molecular formula is C12H20N2O3. The maximum Gasteiger partial charge on any atom is 0.203 e. The first-order valence-electron chi connectivity index (χ1n) is 5.41. The normalized spacial score (nSPS) is 12.1. The second-order valence-corrected chi connectivity index (χ2v) is 3.81. The van der Waals surface area contributed by atoms with E-state index in [1.54, 1.807) is 21.3 Å². The molecule has 1 unspecified atom stereocenters. The zero-order valence-corrected chi connectivity index (χ0v) is 10.7. The molecule has 1 aromatic carbocycles. The quantitative estimate of drug-likeness (QED) is 0.576. The van der Waals surface area contributed by atoms with Crippen LogP contribution in [0.25, 0.3) is 0 Å². The molecule has 3 N–H and O–H groups in total. The van der Waals surface area contributed by atoms with Gasteiger partial charge in [0.15, 0.2) is 11.5 Å². The third-order valence-electron chi connectivity index (χ3n) is 2.55. The predicted molar refractivity (Wildman–Crippen MR) is 66.6 cm³/mol. The Labute approximate surface area is 102 Å². The lowest BCUT2D eigenvalue weighted by atomic mass is 10.1. The van der Waals surface area contributed by atoms with Gasteiger partial charge in [0.1, 0.15) is 0 Å². The lowest BCUT2D eigenvalue weighted by Crippen LogP contribution is -2.34. The van der Waals surface area contributed by atoms with Gasteiger partial charge in [-0.25, -0.2) is 0 Å². The molecule has 96 valence electrons. The van der Waals surface area contributed by atoms with Gasteiger partial charge in [0, 0.05) is 6.04 Å². The van der Waals surface area contributed by atoms with Crippen LogP contribution in [-0.4, -0.2) is 27.4 Å². The van der Waals surface area contributed by atoms with Crippen LogP contribution in [0.3, 0.4) is 0 Å². The van der Waals surface area contributed by atoms with Crippen molar-refractivity contribution in [3.8, 4) is 17.2 Å². The van der Waals surface area contributed by atoms with Crippen molar-refractivity contribution < 1.29 is 14.2 Å². The molecule has 17 heavy (non-hydrogen) atoms. The minimum atomic E-state index is 0.179. The van der Waals surface area contributed by atoms with Crippen molar-refractivity contribution in [2.24, 2.45) is 5.84 Å². The molecule has 0 fully saturated rings. The molecule has 1 rings (SSSR count). The van der Waals surface area contributed by atoms with Crippen LogP contribution in [0.4, 0.5) is 0 Å². The number of nitrogens with two attached hydrogens (primary N) is 1. The number of ether oxygens (including phenoxy) is 3. The van der Waals surface area contributed by atoms with Crippen LogP contribution in [-0.2, 0) is 6.42 Å². The van der Waals surface area contributed by atoms with Crippen molar-refractivity contribution in [2.45, 2.75) is 19.4 Å². The van der Waals surface area contributed by atoms with Crippen LogP contribution in [0.1, 0.15) is 12.5 Å². The van der Waals surface area contributed by atoms with Crippen LogP contribution in [0, 0.1) is 0 Å². The summed E-state index contributed by atoms with van der Waals surface area (Å²) < 4.78 is 15.8. The van der Waals surface area contributed by atoms with E-state index in [2.05, 4.69) is 5.43 Å². The standard InChI is InChI=1S/C12H20N2O3/c1-8(14-13)5-9-6-10(15-2)12(17-4)11(7-9)16-3/h6-8,14H,5,13H2,1-4H3. The molecule has 5 heteroatoms. The van der Waals surface area contributed by atoms with Crippen molar-refractivity contribution in [2.75, 3.05) is 21.3 Å². The first-order valence-corrected chi connectivity index (χ1v) is 5.41. The second kappa shape index (κ2) is 6.32. The van der Waals surface area contributed by atoms with Crippen LogP contribution in [0.15, 0.2) is 12.1 Å². The molecule has 0 bridgehead atoms. The summed E-state index contributed by atoms with van der Waals surface area (Å²) in [5.41, 5.74) is 3.78. The number of hydrogen-bond acceptors (Lipinski definition) is 5. The summed E-state index contributed by atoms with van der Waals surface area (Å²) in [4.78, 5) is 0. The van der Waals surface area contributed by atoms with Crippen molar-refractivity contribution in [1.82, 2.24) is 5.43 Å². The van der Waals surface area contributed by atoms with Gasteiger partial charge in [-0.3, -0.25) is 11.3 Å². The van der Waals surface area contributed by atoms with Gasteiger partial charge in [-0.1, -0.05) is 0 Å². The Kier molecular flexibility index (Phi) is 5.06. The summed E-state index contributed by atoms with van der Waals surface area (Å²) >= 11 is 0. The molecule has 0 heterocycles. The van der Waals surface area contributed by atoms with Crippen LogP contribution in [0.2, 0.25) is 0 Å². The lowest BCUT2D eigenvalue weighted by molar-refractivity contribution is 0.323. The summed E-state index contributed by atoms with van der Waals surface area (Å²) in [6.45, 7) is 2.00. The molecule has 5 nitrogen and oxygen atoms in total. The molecule has 0 aromatic heterocycles. The molecule has 1 aromatic rings. The maximum atomic E-state index is 5.38. The Balaban J connectivity index is 3.08. The molecule has 0 spiro atoms. The van der Waals surface area contributed by atoms with E-state index < -0.39 is 0 Å². The van der Waals surface area contributed by atoms with Gasteiger partial charge in [-0.15, -0.1) is 0 Å². The van der Waals surface area contributed by atoms with Gasteiger partial charge in [0.2, 0.25) is 5.75 Å². The van der Waals surface area contributed by atoms with E-state index in [4.69, 9.17) is 20.1 Å². The molecular weight excluding hydrogens is 220 g/mol. The molecule has 0 saturated heterocycles. The smallest absolute Gasteiger partial charge is 0.203 e. The van der Waals surface area contributed by atoms with E-state index in [1.807, 2.05) is 19.1 Å². The summed E-state index contributed by atoms with van der Waals surface area (Å²) in [6.07, 6.45) is 0.785. The molecule has 0 saturated carbocycles. The van der Waals surface area contributed by atoms with Crippen molar-refractivity contribution in [3.63, 3.8) is 0 Å². The van der Waals surface area contributed by atoms with Crippen molar-refractivity contribution in [1.29, 1.82) is 0 Å². The fourth-order valence-corrected chi connectivity index (χ4v) is 1.67. The average Bonchev–Trinajstić information content (AvgIpc) is 2.37. The summed E-state index contributed by atoms with van der Waals surface area (Å²) in [5, 5.41) is 0. The van der Waals surface area contributed by atoms with Crippen molar-refractivity contribution in [3.05, 3.63) is 17.7 Å². The van der Waals surface area contributed by atoms with Gasteiger partial charge in [-0.2, -0.15) is 0 Å². The fourth-order valence-electron chi connectivity index (χ4n) is 1.67. The zero-order valence-electron chi connectivity index (χ0n) is 10.7. The first-order chi connectivity index (χ1) is 8.15. The van der Waals surface area contributed by atoms with E-state index in [0.717, 1.165) is 12.0 Å². The average molecular weight is 240 g/mol. The SMILES string of the molecule is COc1cc(CC(C)NN)cc(OC)c1OC. The van der Waals surface area contributed by atoms with E-state index in [-0.39, 0.29) is 6.04 Å². The molecule has 0 aliphatic rings. The number of hydrogen-bond donors (Lipinski definition) is 2. The van der Waals surface area contributed by atoms with Crippen LogP contribution < -0.4 is 25.5 Å². The molecule has 0 amide bonds. The van der Waals surface area contributed by atoms with E-state index >= 15 is 0 Å². The van der Waals surface area contributed by atoms with Gasteiger partial charge >= 0.3 is 0 Å². The number of hydrazine groups is 1. The Morgan fingerprint density at radius 1 is 1.12 bits per heavy atom. The minimum absolute atomic E-state index is 0.179. The number of methoxy groups -OCH3 is 3. The lowest BCUT2D eigenvalue weighted by Gasteiger charge is -2.16. The highest BCUT2D eigenvalue weighted by atomic mass is 16.5. The third kappa shape index (κ3) is 3.25. The summed E-state index contributed by atoms with van der Waals surface area (Å²) in [6, 6.07) is 4.03. The highest BCUT2D eigenvalue weighted by Gasteiger charge is 2.14. The molecule has 0 radical (unpaired) electrons. The Morgan fingerprint density at radius 2 is 1.65 bits per heavy atom. The first kappa shape index (κ1) is 13.6. The highest BCUT2D eigenvalue weighted by Crippen LogP contribution is 2.38. The van der Waals surface area contributed by atoms with Crippen LogP contribution >= 0.6 is 0 Å². The topological polar surface area (TPSA) is 65.7 Å². The maximum absolute atomic E-state index is 5.38.